The van der Waals surface area contributed by atoms with E-state index in [0.717, 1.165) is 16.8 Å². The second kappa shape index (κ2) is 8.32. The Morgan fingerprint density at radius 1 is 1.10 bits per heavy atom. The van der Waals surface area contributed by atoms with Crippen molar-refractivity contribution in [3.8, 4) is 11.3 Å². The van der Waals surface area contributed by atoms with Crippen molar-refractivity contribution >= 4 is 34.0 Å². The summed E-state index contributed by atoms with van der Waals surface area (Å²) in [6, 6.07) is 15.7. The molecule has 4 rings (SSSR count). The number of halogens is 1. The topological polar surface area (TPSA) is 74.7 Å². The molecule has 2 amide bonds. The molecule has 0 atom stereocenters. The number of carbonyl (C=O) groups is 2. The van der Waals surface area contributed by atoms with Crippen LogP contribution in [0, 0.1) is 5.82 Å². The van der Waals surface area contributed by atoms with Gasteiger partial charge in [0.25, 0.3) is 5.91 Å². The summed E-state index contributed by atoms with van der Waals surface area (Å²) >= 11 is 1.35. The summed E-state index contributed by atoms with van der Waals surface area (Å²) in [4.78, 5) is 30.7. The summed E-state index contributed by atoms with van der Waals surface area (Å²) in [5.41, 5.74) is 5.10. The van der Waals surface area contributed by atoms with Crippen molar-refractivity contribution in [1.29, 1.82) is 0 Å². The average molecular weight is 408 g/mol. The van der Waals surface area contributed by atoms with Crippen molar-refractivity contribution in [3.63, 3.8) is 0 Å². The van der Waals surface area contributed by atoms with Crippen LogP contribution in [0.3, 0.4) is 0 Å². The van der Waals surface area contributed by atoms with E-state index in [-0.39, 0.29) is 42.7 Å². The van der Waals surface area contributed by atoms with Crippen LogP contribution >= 0.6 is 11.3 Å². The third-order valence-electron chi connectivity index (χ3n) is 4.44. The van der Waals surface area contributed by atoms with Crippen molar-refractivity contribution in [2.24, 2.45) is 5.10 Å². The second-order valence-corrected chi connectivity index (χ2v) is 7.33. The maximum Gasteiger partial charge on any atom is 0.276 e. The van der Waals surface area contributed by atoms with Gasteiger partial charge in [0, 0.05) is 23.8 Å². The number of amides is 2. The number of hydrazone groups is 1. The van der Waals surface area contributed by atoms with Crippen LogP contribution in [0.1, 0.15) is 18.4 Å². The van der Waals surface area contributed by atoms with Gasteiger partial charge in [-0.1, -0.05) is 42.5 Å². The highest BCUT2D eigenvalue weighted by Gasteiger charge is 2.27. The van der Waals surface area contributed by atoms with Crippen LogP contribution in [0.25, 0.3) is 11.3 Å². The van der Waals surface area contributed by atoms with Crippen LogP contribution in [0.4, 0.5) is 9.52 Å². The van der Waals surface area contributed by atoms with E-state index in [1.165, 1.54) is 28.4 Å². The Kier molecular flexibility index (Phi) is 5.44. The normalized spacial score (nSPS) is 13.6. The molecule has 2 heterocycles. The lowest BCUT2D eigenvalue weighted by Gasteiger charge is -2.22. The molecule has 0 saturated heterocycles. The number of rotatable bonds is 5. The SMILES string of the molecule is O=C1CCC(C(=O)N(Cc2ccc(F)cc2)c2nc(-c3ccccc3)cs2)=NN1. The Balaban J connectivity index is 1.66. The Bertz CT molecular complexity index is 1060. The quantitative estimate of drug-likeness (QED) is 0.699. The lowest BCUT2D eigenvalue weighted by Crippen LogP contribution is -2.40. The van der Waals surface area contributed by atoms with Gasteiger partial charge in [0.1, 0.15) is 11.5 Å². The standard InChI is InChI=1S/C21H17FN4O2S/c22-16-8-6-14(7-9-16)12-26(20(28)17-10-11-19(27)25-24-17)21-23-18(13-29-21)15-4-2-1-3-5-15/h1-9,13H,10-12H2,(H,25,27). The van der Waals surface area contributed by atoms with Crippen LogP contribution < -0.4 is 10.3 Å². The van der Waals surface area contributed by atoms with Gasteiger partial charge in [-0.05, 0) is 17.7 Å². The molecular formula is C21H17FN4O2S. The molecular weight excluding hydrogens is 391 g/mol. The zero-order valence-electron chi connectivity index (χ0n) is 15.3. The number of anilines is 1. The molecule has 0 fully saturated rings. The first kappa shape index (κ1) is 18.9. The monoisotopic (exact) mass is 408 g/mol. The van der Waals surface area contributed by atoms with Gasteiger partial charge in [-0.2, -0.15) is 5.10 Å². The number of carbonyl (C=O) groups excluding carboxylic acids is 2. The molecule has 2 aromatic carbocycles. The van der Waals surface area contributed by atoms with Gasteiger partial charge in [0.05, 0.1) is 12.2 Å². The van der Waals surface area contributed by atoms with Gasteiger partial charge in [-0.15, -0.1) is 11.3 Å². The molecule has 1 aliphatic rings. The van der Waals surface area contributed by atoms with E-state index >= 15 is 0 Å². The fourth-order valence-electron chi connectivity index (χ4n) is 2.91. The van der Waals surface area contributed by atoms with Gasteiger partial charge in [-0.3, -0.25) is 14.5 Å². The molecule has 6 nitrogen and oxygen atoms in total. The van der Waals surface area contributed by atoms with Crippen LogP contribution in [0.15, 0.2) is 65.1 Å². The van der Waals surface area contributed by atoms with Crippen LogP contribution in [-0.4, -0.2) is 22.5 Å². The predicted octanol–water partition coefficient (Wildman–Crippen LogP) is 3.75. The average Bonchev–Trinajstić information content (AvgIpc) is 3.24. The van der Waals surface area contributed by atoms with Crippen molar-refractivity contribution < 1.29 is 14.0 Å². The van der Waals surface area contributed by atoms with E-state index in [0.29, 0.717) is 5.13 Å². The number of thiazole rings is 1. The predicted molar refractivity (Wildman–Crippen MR) is 110 cm³/mol. The first-order valence-corrected chi connectivity index (χ1v) is 9.91. The van der Waals surface area contributed by atoms with Gasteiger partial charge in [0.2, 0.25) is 5.91 Å². The highest BCUT2D eigenvalue weighted by molar-refractivity contribution is 7.14. The Morgan fingerprint density at radius 2 is 1.86 bits per heavy atom. The Hall–Kier alpha value is -3.39. The van der Waals surface area contributed by atoms with Gasteiger partial charge >= 0.3 is 0 Å². The molecule has 29 heavy (non-hydrogen) atoms. The molecule has 0 aliphatic carbocycles. The molecule has 0 unspecified atom stereocenters. The summed E-state index contributed by atoms with van der Waals surface area (Å²) in [7, 11) is 0. The lowest BCUT2D eigenvalue weighted by atomic mass is 10.1. The fraction of sp³-hybridized carbons (Fsp3) is 0.143. The van der Waals surface area contributed by atoms with Crippen molar-refractivity contribution in [3.05, 3.63) is 71.4 Å². The number of nitrogens with one attached hydrogen (secondary N) is 1. The maximum atomic E-state index is 13.3. The summed E-state index contributed by atoms with van der Waals surface area (Å²) in [5, 5.41) is 6.32. The highest BCUT2D eigenvalue weighted by atomic mass is 32.1. The van der Waals surface area contributed by atoms with E-state index < -0.39 is 0 Å². The Labute approximate surface area is 170 Å². The number of hydrogen-bond donors (Lipinski definition) is 1. The molecule has 1 N–H and O–H groups in total. The number of hydrogen-bond acceptors (Lipinski definition) is 5. The molecule has 3 aromatic rings. The molecule has 0 spiro atoms. The first-order valence-electron chi connectivity index (χ1n) is 9.03. The minimum Gasteiger partial charge on any atom is -0.278 e. The number of benzene rings is 2. The van der Waals surface area contributed by atoms with E-state index in [1.807, 2.05) is 35.7 Å². The van der Waals surface area contributed by atoms with Crippen LogP contribution in [-0.2, 0) is 16.1 Å². The van der Waals surface area contributed by atoms with Gasteiger partial charge < -0.3 is 0 Å². The first-order chi connectivity index (χ1) is 14.1. The van der Waals surface area contributed by atoms with Crippen LogP contribution in [0.2, 0.25) is 0 Å². The molecule has 0 saturated carbocycles. The third kappa shape index (κ3) is 4.38. The number of nitrogens with zero attached hydrogens (tertiary/aromatic N) is 3. The largest absolute Gasteiger partial charge is 0.278 e. The van der Waals surface area contributed by atoms with E-state index in [4.69, 9.17) is 0 Å². The molecule has 8 heteroatoms. The van der Waals surface area contributed by atoms with Gasteiger partial charge in [0.15, 0.2) is 5.13 Å². The lowest BCUT2D eigenvalue weighted by molar-refractivity contribution is -0.121. The number of aromatic nitrogens is 1. The van der Waals surface area contributed by atoms with Crippen molar-refractivity contribution in [2.45, 2.75) is 19.4 Å². The molecule has 146 valence electrons. The zero-order valence-corrected chi connectivity index (χ0v) is 16.2. The summed E-state index contributed by atoms with van der Waals surface area (Å²) in [6.07, 6.45) is 0.476. The minimum atomic E-state index is -0.341. The van der Waals surface area contributed by atoms with E-state index in [2.05, 4.69) is 15.5 Å². The molecule has 1 aromatic heterocycles. The van der Waals surface area contributed by atoms with Gasteiger partial charge in [-0.25, -0.2) is 14.8 Å². The second-order valence-electron chi connectivity index (χ2n) is 6.49. The molecule has 1 aliphatic heterocycles. The third-order valence-corrected chi connectivity index (χ3v) is 5.31. The van der Waals surface area contributed by atoms with Crippen LogP contribution in [0.5, 0.6) is 0 Å². The summed E-state index contributed by atoms with van der Waals surface area (Å²) in [6.45, 7) is 0.216. The molecule has 0 bridgehead atoms. The van der Waals surface area contributed by atoms with E-state index in [1.54, 1.807) is 12.1 Å². The zero-order chi connectivity index (χ0) is 20.2. The summed E-state index contributed by atoms with van der Waals surface area (Å²) < 4.78 is 13.3. The highest BCUT2D eigenvalue weighted by Crippen LogP contribution is 2.29. The maximum absolute atomic E-state index is 13.3. The van der Waals surface area contributed by atoms with Crippen molar-refractivity contribution in [1.82, 2.24) is 10.4 Å². The fourth-order valence-corrected chi connectivity index (χ4v) is 3.74. The minimum absolute atomic E-state index is 0.210. The van der Waals surface area contributed by atoms with Crippen molar-refractivity contribution in [2.75, 3.05) is 4.90 Å². The van der Waals surface area contributed by atoms with E-state index in [9.17, 15) is 14.0 Å². The smallest absolute Gasteiger partial charge is 0.276 e. The summed E-state index contributed by atoms with van der Waals surface area (Å²) in [5.74, 6) is -0.887. The molecule has 0 radical (unpaired) electrons. The Morgan fingerprint density at radius 3 is 2.55 bits per heavy atom.